The number of halogens is 1. The number of hydrogen-bond acceptors (Lipinski definition) is 3. The van der Waals surface area contributed by atoms with Gasteiger partial charge < -0.3 is 20.1 Å². The molecule has 1 unspecified atom stereocenters. The molecule has 1 heterocycles. The molecule has 22 heavy (non-hydrogen) atoms. The van der Waals surface area contributed by atoms with Crippen LogP contribution in [0.25, 0.3) is 0 Å². The molecule has 2 N–H and O–H groups in total. The number of carbonyl (C=O) groups excluding carboxylic acids is 1. The number of urea groups is 1. The van der Waals surface area contributed by atoms with Crippen molar-refractivity contribution in [3.05, 3.63) is 28.2 Å². The van der Waals surface area contributed by atoms with E-state index in [1.54, 1.807) is 12.0 Å². The molecule has 1 saturated heterocycles. The molecule has 1 fully saturated rings. The van der Waals surface area contributed by atoms with Gasteiger partial charge in [-0.1, -0.05) is 15.9 Å². The van der Waals surface area contributed by atoms with Gasteiger partial charge in [0.1, 0.15) is 5.75 Å². The number of nitrogens with one attached hydrogen (secondary N) is 1. The van der Waals surface area contributed by atoms with Crippen LogP contribution in [0.2, 0.25) is 0 Å². The van der Waals surface area contributed by atoms with Crippen molar-refractivity contribution in [2.75, 3.05) is 20.2 Å². The monoisotopic (exact) mass is 370 g/mol. The average Bonchev–Trinajstić information content (AvgIpc) is 2.52. The van der Waals surface area contributed by atoms with E-state index < -0.39 is 11.9 Å². The molecule has 0 spiro atoms. The second-order valence-corrected chi connectivity index (χ2v) is 6.15. The molecule has 7 heteroatoms. The van der Waals surface area contributed by atoms with Crippen molar-refractivity contribution in [2.24, 2.45) is 5.92 Å². The number of rotatable bonds is 4. The number of likely N-dealkylation sites (tertiary alicyclic amines) is 1. The van der Waals surface area contributed by atoms with E-state index in [0.29, 0.717) is 31.7 Å². The smallest absolute Gasteiger partial charge is 0.317 e. The first kappa shape index (κ1) is 16.6. The van der Waals surface area contributed by atoms with Crippen molar-refractivity contribution in [1.82, 2.24) is 10.2 Å². The lowest BCUT2D eigenvalue weighted by Crippen LogP contribution is -2.46. The number of hydrogen-bond donors (Lipinski definition) is 2. The molecule has 6 nitrogen and oxygen atoms in total. The summed E-state index contributed by atoms with van der Waals surface area (Å²) in [4.78, 5) is 24.8. The molecule has 120 valence electrons. The van der Waals surface area contributed by atoms with Gasteiger partial charge in [0, 0.05) is 29.7 Å². The molecule has 0 aromatic heterocycles. The third-order valence-electron chi connectivity index (χ3n) is 3.73. The zero-order valence-corrected chi connectivity index (χ0v) is 13.9. The highest BCUT2D eigenvalue weighted by Crippen LogP contribution is 2.23. The number of carbonyl (C=O) groups is 2. The zero-order valence-electron chi connectivity index (χ0n) is 12.3. The molecule has 1 aliphatic rings. The molecule has 0 aliphatic carbocycles. The van der Waals surface area contributed by atoms with Gasteiger partial charge in [0.25, 0.3) is 0 Å². The molecule has 1 aromatic rings. The Kier molecular flexibility index (Phi) is 5.65. The molecule has 0 bridgehead atoms. The molecular formula is C15H19BrN2O4. The maximum Gasteiger partial charge on any atom is 0.317 e. The van der Waals surface area contributed by atoms with E-state index in [-0.39, 0.29) is 12.6 Å². The molecule has 2 amide bonds. The van der Waals surface area contributed by atoms with E-state index in [4.69, 9.17) is 9.84 Å². The van der Waals surface area contributed by atoms with Crippen molar-refractivity contribution in [1.29, 1.82) is 0 Å². The molecule has 1 atom stereocenters. The summed E-state index contributed by atoms with van der Waals surface area (Å²) in [6.45, 7) is 1.18. The predicted molar refractivity (Wildman–Crippen MR) is 84.9 cm³/mol. The third kappa shape index (κ3) is 4.13. The van der Waals surface area contributed by atoms with Gasteiger partial charge in [-0.2, -0.15) is 0 Å². The van der Waals surface area contributed by atoms with E-state index in [9.17, 15) is 9.59 Å². The minimum absolute atomic E-state index is 0.243. The summed E-state index contributed by atoms with van der Waals surface area (Å²) in [7, 11) is 1.58. The Labute approximate surface area is 137 Å². The number of ether oxygens (including phenoxy) is 1. The van der Waals surface area contributed by atoms with Crippen molar-refractivity contribution >= 4 is 27.9 Å². The summed E-state index contributed by atoms with van der Waals surface area (Å²) < 4.78 is 6.17. The fourth-order valence-corrected chi connectivity index (χ4v) is 2.94. The van der Waals surface area contributed by atoms with Crippen molar-refractivity contribution < 1.29 is 19.4 Å². The van der Waals surface area contributed by atoms with Gasteiger partial charge in [-0.15, -0.1) is 0 Å². The predicted octanol–water partition coefficient (Wildman–Crippen LogP) is 2.46. The minimum Gasteiger partial charge on any atom is -0.496 e. The standard InChI is InChI=1S/C15H19BrN2O4/c1-22-13-5-4-12(16)7-11(13)8-17-15(21)18-6-2-3-10(9-18)14(19)20/h4-5,7,10H,2-3,6,8-9H2,1H3,(H,17,21)(H,19,20). The van der Waals surface area contributed by atoms with Crippen LogP contribution in [-0.4, -0.2) is 42.2 Å². The topological polar surface area (TPSA) is 78.9 Å². The Morgan fingerprint density at radius 1 is 1.50 bits per heavy atom. The summed E-state index contributed by atoms with van der Waals surface area (Å²) in [5, 5.41) is 11.9. The largest absolute Gasteiger partial charge is 0.496 e. The number of aliphatic carboxylic acids is 1. The normalized spacial score (nSPS) is 17.9. The number of carboxylic acid groups (broad SMARTS) is 1. The lowest BCUT2D eigenvalue weighted by Gasteiger charge is -2.30. The lowest BCUT2D eigenvalue weighted by molar-refractivity contribution is -0.143. The number of benzene rings is 1. The average molecular weight is 371 g/mol. The molecule has 0 saturated carbocycles. The van der Waals surface area contributed by atoms with Crippen LogP contribution in [0.5, 0.6) is 5.75 Å². The quantitative estimate of drug-likeness (QED) is 0.852. The maximum absolute atomic E-state index is 12.2. The van der Waals surface area contributed by atoms with Crippen molar-refractivity contribution in [2.45, 2.75) is 19.4 Å². The Morgan fingerprint density at radius 3 is 2.95 bits per heavy atom. The van der Waals surface area contributed by atoms with E-state index in [1.165, 1.54) is 0 Å². The highest BCUT2D eigenvalue weighted by Gasteiger charge is 2.28. The second-order valence-electron chi connectivity index (χ2n) is 5.24. The lowest BCUT2D eigenvalue weighted by atomic mass is 9.99. The summed E-state index contributed by atoms with van der Waals surface area (Å²) in [5.41, 5.74) is 0.858. The van der Waals surface area contributed by atoms with Crippen LogP contribution in [0.1, 0.15) is 18.4 Å². The van der Waals surface area contributed by atoms with Gasteiger partial charge in [0.2, 0.25) is 0 Å². The SMILES string of the molecule is COc1ccc(Br)cc1CNC(=O)N1CCCC(C(=O)O)C1. The first-order chi connectivity index (χ1) is 10.5. The van der Waals surface area contributed by atoms with Crippen LogP contribution < -0.4 is 10.1 Å². The Balaban J connectivity index is 1.95. The van der Waals surface area contributed by atoms with Crippen molar-refractivity contribution in [3.63, 3.8) is 0 Å². The first-order valence-corrected chi connectivity index (χ1v) is 7.88. The van der Waals surface area contributed by atoms with Gasteiger partial charge in [0.15, 0.2) is 0 Å². The summed E-state index contributed by atoms with van der Waals surface area (Å²) >= 11 is 3.39. The highest BCUT2D eigenvalue weighted by atomic mass is 79.9. The van der Waals surface area contributed by atoms with Crippen LogP contribution in [0, 0.1) is 5.92 Å². The molecular weight excluding hydrogens is 352 g/mol. The number of methoxy groups -OCH3 is 1. The summed E-state index contributed by atoms with van der Waals surface area (Å²) in [6, 6.07) is 5.34. The molecule has 2 rings (SSSR count). The second kappa shape index (κ2) is 7.49. The Morgan fingerprint density at radius 2 is 2.27 bits per heavy atom. The van der Waals surface area contributed by atoms with Gasteiger partial charge in [0.05, 0.1) is 13.0 Å². The van der Waals surface area contributed by atoms with E-state index in [2.05, 4.69) is 21.2 Å². The van der Waals surface area contributed by atoms with Gasteiger partial charge in [-0.05, 0) is 31.0 Å². The maximum atomic E-state index is 12.2. The van der Waals surface area contributed by atoms with Gasteiger partial charge in [-0.3, -0.25) is 4.79 Å². The first-order valence-electron chi connectivity index (χ1n) is 7.09. The van der Waals surface area contributed by atoms with Crippen LogP contribution in [0.3, 0.4) is 0 Å². The number of carboxylic acids is 1. The van der Waals surface area contributed by atoms with Gasteiger partial charge in [-0.25, -0.2) is 4.79 Å². The third-order valence-corrected chi connectivity index (χ3v) is 4.22. The fourth-order valence-electron chi connectivity index (χ4n) is 2.53. The number of amides is 2. The van der Waals surface area contributed by atoms with Crippen LogP contribution in [-0.2, 0) is 11.3 Å². The fraction of sp³-hybridized carbons (Fsp3) is 0.467. The number of nitrogens with zero attached hydrogens (tertiary/aromatic N) is 1. The van der Waals surface area contributed by atoms with E-state index in [0.717, 1.165) is 10.0 Å². The molecule has 0 radical (unpaired) electrons. The number of piperidine rings is 1. The minimum atomic E-state index is -0.842. The molecule has 1 aliphatic heterocycles. The van der Waals surface area contributed by atoms with Crippen LogP contribution in [0.15, 0.2) is 22.7 Å². The summed E-state index contributed by atoms with van der Waals surface area (Å²) in [6.07, 6.45) is 1.34. The van der Waals surface area contributed by atoms with Crippen LogP contribution >= 0.6 is 15.9 Å². The van der Waals surface area contributed by atoms with Crippen LogP contribution in [0.4, 0.5) is 4.79 Å². The Hall–Kier alpha value is -1.76. The zero-order chi connectivity index (χ0) is 16.1. The highest BCUT2D eigenvalue weighted by molar-refractivity contribution is 9.10. The van der Waals surface area contributed by atoms with Gasteiger partial charge >= 0.3 is 12.0 Å². The van der Waals surface area contributed by atoms with Crippen molar-refractivity contribution in [3.8, 4) is 5.75 Å². The van der Waals surface area contributed by atoms with E-state index >= 15 is 0 Å². The Bertz CT molecular complexity index is 564. The molecule has 1 aromatic carbocycles. The summed E-state index contributed by atoms with van der Waals surface area (Å²) in [5.74, 6) is -0.614. The van der Waals surface area contributed by atoms with E-state index in [1.807, 2.05) is 18.2 Å².